The third kappa shape index (κ3) is 5.11. The number of β-amino-alcohol motifs (C(OH)–C–C–N with tert-alkyl or cyclic N) is 2. The van der Waals surface area contributed by atoms with Gasteiger partial charge in [0.15, 0.2) is 11.5 Å². The zero-order valence-corrected chi connectivity index (χ0v) is 19.8. The summed E-state index contributed by atoms with van der Waals surface area (Å²) in [6, 6.07) is 1.59. The number of amides is 1. The Morgan fingerprint density at radius 3 is 2.43 bits per heavy atom. The smallest absolute Gasteiger partial charge is 0.389 e. The van der Waals surface area contributed by atoms with Gasteiger partial charge in [-0.3, -0.25) is 14.2 Å². The van der Waals surface area contributed by atoms with Crippen LogP contribution in [0.5, 0.6) is 0 Å². The van der Waals surface area contributed by atoms with Crippen molar-refractivity contribution in [1.29, 1.82) is 0 Å². The Labute approximate surface area is 210 Å². The molecule has 1 amide bonds. The number of carbonyl (C=O) groups is 1. The summed E-state index contributed by atoms with van der Waals surface area (Å²) in [7, 11) is 0. The average Bonchev–Trinajstić information content (AvgIpc) is 3.15. The highest BCUT2D eigenvalue weighted by atomic mass is 35.5. The molecule has 4 rings (SSSR count). The number of halogens is 6. The molecule has 14 heteroatoms. The number of hydrogen-bond acceptors (Lipinski definition) is 6. The molecular weight excluding hydrogens is 527 g/mol. The van der Waals surface area contributed by atoms with Crippen LogP contribution in [0.15, 0.2) is 35.3 Å². The van der Waals surface area contributed by atoms with Crippen LogP contribution in [0.4, 0.5) is 27.8 Å². The van der Waals surface area contributed by atoms with E-state index in [4.69, 9.17) is 11.6 Å². The van der Waals surface area contributed by atoms with Crippen molar-refractivity contribution in [3.05, 3.63) is 62.9 Å². The molecule has 1 fully saturated rings. The molecule has 0 radical (unpaired) electrons. The highest BCUT2D eigenvalue weighted by molar-refractivity contribution is 6.32. The molecule has 37 heavy (non-hydrogen) atoms. The van der Waals surface area contributed by atoms with Gasteiger partial charge in [0, 0.05) is 25.4 Å². The fourth-order valence-corrected chi connectivity index (χ4v) is 4.36. The van der Waals surface area contributed by atoms with Crippen LogP contribution in [0.3, 0.4) is 0 Å². The minimum atomic E-state index is -4.78. The number of hydrogen-bond donors (Lipinski definition) is 3. The van der Waals surface area contributed by atoms with Crippen molar-refractivity contribution in [1.82, 2.24) is 14.9 Å². The molecule has 1 aliphatic rings. The first-order chi connectivity index (χ1) is 17.3. The van der Waals surface area contributed by atoms with Gasteiger partial charge in [-0.25, -0.2) is 13.8 Å². The van der Waals surface area contributed by atoms with Gasteiger partial charge in [0.05, 0.1) is 22.6 Å². The van der Waals surface area contributed by atoms with Crippen molar-refractivity contribution < 1.29 is 37.0 Å². The Hall–Kier alpha value is -3.29. The zero-order valence-electron chi connectivity index (χ0n) is 19.1. The van der Waals surface area contributed by atoms with Crippen LogP contribution >= 0.6 is 11.6 Å². The molecule has 198 valence electrons. The molecule has 1 aromatic carbocycles. The second-order valence-electron chi connectivity index (χ2n) is 8.52. The number of aromatic nitrogens is 2. The van der Waals surface area contributed by atoms with Gasteiger partial charge in [0.1, 0.15) is 28.9 Å². The van der Waals surface area contributed by atoms with Gasteiger partial charge in [-0.15, -0.1) is 0 Å². The number of benzene rings is 1. The van der Waals surface area contributed by atoms with E-state index in [0.717, 1.165) is 16.8 Å². The topological polar surface area (TPSA) is 108 Å². The van der Waals surface area contributed by atoms with E-state index in [-0.39, 0.29) is 29.9 Å². The van der Waals surface area contributed by atoms with E-state index in [1.807, 2.05) is 0 Å². The van der Waals surface area contributed by atoms with Gasteiger partial charge < -0.3 is 20.4 Å². The minimum absolute atomic E-state index is 0.00803. The molecule has 1 saturated heterocycles. The number of rotatable bonds is 5. The standard InChI is InChI=1S/C23H20ClF5N4O4/c1-2-17(23(27,28)29)30-22(37)12-7-33(19-13(24)5-10(25)6-14(19)26)21-11(20(12)36)3-4-18(31-21)32-8-15(34)16(35)9-32/h3-7,15-17,34-35H,2,8-9H2,1H3,(H,30,37)/t15-,16-,17?/m1/s1. The third-order valence-corrected chi connectivity index (χ3v) is 6.28. The Bertz CT molecular complexity index is 1400. The first-order valence-electron chi connectivity index (χ1n) is 11.0. The normalized spacial score (nSPS) is 18.9. The summed E-state index contributed by atoms with van der Waals surface area (Å²) in [6.45, 7) is 1.18. The van der Waals surface area contributed by atoms with Crippen molar-refractivity contribution in [2.45, 2.75) is 37.8 Å². The molecule has 1 aliphatic heterocycles. The molecule has 0 aliphatic carbocycles. The molecule has 8 nitrogen and oxygen atoms in total. The van der Waals surface area contributed by atoms with Gasteiger partial charge in [-0.05, 0) is 24.6 Å². The second-order valence-corrected chi connectivity index (χ2v) is 8.92. The lowest BCUT2D eigenvalue weighted by molar-refractivity contribution is -0.153. The van der Waals surface area contributed by atoms with Crippen molar-refractivity contribution in [2.75, 3.05) is 18.0 Å². The van der Waals surface area contributed by atoms with Gasteiger partial charge in [-0.1, -0.05) is 18.5 Å². The van der Waals surface area contributed by atoms with Crippen molar-refractivity contribution in [3.63, 3.8) is 0 Å². The molecule has 3 N–H and O–H groups in total. The average molecular weight is 547 g/mol. The summed E-state index contributed by atoms with van der Waals surface area (Å²) in [5.74, 6) is -3.41. The van der Waals surface area contributed by atoms with E-state index in [2.05, 4.69) is 4.98 Å². The van der Waals surface area contributed by atoms with Crippen LogP contribution in [-0.4, -0.2) is 63.2 Å². The fraction of sp³-hybridized carbons (Fsp3) is 0.348. The number of carbonyl (C=O) groups excluding carboxylic acids is 1. The molecule has 3 atom stereocenters. The van der Waals surface area contributed by atoms with E-state index < -0.39 is 70.1 Å². The minimum Gasteiger partial charge on any atom is -0.389 e. The molecule has 1 unspecified atom stereocenters. The maximum atomic E-state index is 14.9. The molecule has 3 aromatic rings. The Balaban J connectivity index is 1.94. The third-order valence-electron chi connectivity index (χ3n) is 5.99. The van der Waals surface area contributed by atoms with Crippen LogP contribution in [0.25, 0.3) is 16.7 Å². The molecule has 2 aromatic heterocycles. The first-order valence-corrected chi connectivity index (χ1v) is 11.4. The maximum absolute atomic E-state index is 14.9. The lowest BCUT2D eigenvalue weighted by Gasteiger charge is -2.21. The monoisotopic (exact) mass is 546 g/mol. The number of nitrogens with zero attached hydrogens (tertiary/aromatic N) is 3. The maximum Gasteiger partial charge on any atom is 0.408 e. The SMILES string of the molecule is CCC(NC(=O)c1cn(-c2c(F)cc(F)cc2Cl)c2nc(N3C[C@@H](O)[C@H](O)C3)ccc2c1=O)C(F)(F)F. The number of nitrogens with one attached hydrogen (secondary N) is 1. The van der Waals surface area contributed by atoms with Crippen LogP contribution in [0.1, 0.15) is 23.7 Å². The van der Waals surface area contributed by atoms with Crippen LogP contribution in [-0.2, 0) is 0 Å². The second kappa shape index (κ2) is 9.88. The number of aliphatic hydroxyl groups excluding tert-OH is 2. The molecule has 3 heterocycles. The quantitative estimate of drug-likeness (QED) is 0.425. The molecule has 0 bridgehead atoms. The summed E-state index contributed by atoms with van der Waals surface area (Å²) in [4.78, 5) is 31.8. The molecule has 0 spiro atoms. The zero-order chi connectivity index (χ0) is 27.2. The van der Waals surface area contributed by atoms with E-state index in [0.29, 0.717) is 6.07 Å². The van der Waals surface area contributed by atoms with Gasteiger partial charge in [0.25, 0.3) is 5.91 Å². The predicted octanol–water partition coefficient (Wildman–Crippen LogP) is 2.93. The Morgan fingerprint density at radius 2 is 1.86 bits per heavy atom. The number of alkyl halides is 3. The summed E-state index contributed by atoms with van der Waals surface area (Å²) in [5, 5.41) is 20.8. The molecular formula is C23H20ClF5N4O4. The van der Waals surface area contributed by atoms with Gasteiger partial charge in [-0.2, -0.15) is 13.2 Å². The van der Waals surface area contributed by atoms with Crippen LogP contribution in [0, 0.1) is 11.6 Å². The van der Waals surface area contributed by atoms with Crippen molar-refractivity contribution >= 4 is 34.4 Å². The lowest BCUT2D eigenvalue weighted by Crippen LogP contribution is -2.46. The van der Waals surface area contributed by atoms with Crippen LogP contribution < -0.4 is 15.6 Å². The number of anilines is 1. The Kier molecular flexibility index (Phi) is 7.14. The molecule has 0 saturated carbocycles. The van der Waals surface area contributed by atoms with E-state index in [9.17, 15) is 41.8 Å². The largest absolute Gasteiger partial charge is 0.408 e. The lowest BCUT2D eigenvalue weighted by atomic mass is 10.1. The van der Waals surface area contributed by atoms with Crippen molar-refractivity contribution in [2.24, 2.45) is 0 Å². The fourth-order valence-electron chi connectivity index (χ4n) is 4.07. The highest BCUT2D eigenvalue weighted by Gasteiger charge is 2.40. The number of aliphatic hydroxyl groups is 2. The van der Waals surface area contributed by atoms with Gasteiger partial charge in [0.2, 0.25) is 5.43 Å². The van der Waals surface area contributed by atoms with E-state index >= 15 is 0 Å². The first kappa shape index (κ1) is 26.8. The predicted molar refractivity (Wildman–Crippen MR) is 124 cm³/mol. The van der Waals surface area contributed by atoms with E-state index in [1.54, 1.807) is 5.32 Å². The Morgan fingerprint density at radius 1 is 1.22 bits per heavy atom. The van der Waals surface area contributed by atoms with Crippen LogP contribution in [0.2, 0.25) is 5.02 Å². The number of fused-ring (bicyclic) bond motifs is 1. The number of pyridine rings is 2. The summed E-state index contributed by atoms with van der Waals surface area (Å²) < 4.78 is 69.2. The van der Waals surface area contributed by atoms with Crippen molar-refractivity contribution in [3.8, 4) is 5.69 Å². The summed E-state index contributed by atoms with van der Waals surface area (Å²) in [5.41, 5.74) is -2.49. The highest BCUT2D eigenvalue weighted by Crippen LogP contribution is 2.29. The van der Waals surface area contributed by atoms with E-state index in [1.165, 1.54) is 24.0 Å². The van der Waals surface area contributed by atoms with Gasteiger partial charge >= 0.3 is 6.18 Å². The summed E-state index contributed by atoms with van der Waals surface area (Å²) >= 11 is 6.08. The summed E-state index contributed by atoms with van der Waals surface area (Å²) in [6.07, 6.45) is -6.65.